The van der Waals surface area contributed by atoms with Crippen molar-refractivity contribution >= 4 is 5.95 Å². The number of unbranched alkanes of at least 4 members (excludes halogenated alkanes) is 1. The lowest BCUT2D eigenvalue weighted by molar-refractivity contribution is 0.639. The van der Waals surface area contributed by atoms with Gasteiger partial charge in [-0.3, -0.25) is 0 Å². The van der Waals surface area contributed by atoms with E-state index in [1.54, 1.807) is 6.20 Å². The molecule has 0 amide bonds. The summed E-state index contributed by atoms with van der Waals surface area (Å²) in [7, 11) is 0. The highest BCUT2D eigenvalue weighted by Crippen LogP contribution is 2.00. The highest BCUT2D eigenvalue weighted by atomic mass is 15.1. The second-order valence-corrected chi connectivity index (χ2v) is 2.33. The number of aryl methyl sites for hydroxylation is 1. The Morgan fingerprint density at radius 3 is 3.00 bits per heavy atom. The van der Waals surface area contributed by atoms with Gasteiger partial charge in [0, 0.05) is 18.9 Å². The van der Waals surface area contributed by atoms with Crippen LogP contribution < -0.4 is 5.73 Å². The molecule has 0 saturated heterocycles. The zero-order valence-electron chi connectivity index (χ0n) is 6.25. The first kappa shape index (κ1) is 7.12. The molecule has 0 saturated carbocycles. The molecule has 0 aliphatic heterocycles. The molecule has 10 heavy (non-hydrogen) atoms. The summed E-state index contributed by atoms with van der Waals surface area (Å²) < 4.78 is 1.96. The van der Waals surface area contributed by atoms with Crippen LogP contribution in [0.1, 0.15) is 19.8 Å². The van der Waals surface area contributed by atoms with Crippen LogP contribution in [0.2, 0.25) is 0 Å². The minimum atomic E-state index is 0.619. The van der Waals surface area contributed by atoms with E-state index in [9.17, 15) is 0 Å². The van der Waals surface area contributed by atoms with E-state index in [0.717, 1.165) is 6.54 Å². The van der Waals surface area contributed by atoms with Crippen LogP contribution in [0.4, 0.5) is 5.95 Å². The lowest BCUT2D eigenvalue weighted by Gasteiger charge is -2.00. The molecule has 0 aliphatic carbocycles. The molecule has 3 heteroatoms. The van der Waals surface area contributed by atoms with Gasteiger partial charge in [-0.15, -0.1) is 0 Å². The minimum Gasteiger partial charge on any atom is -0.369 e. The molecule has 1 rings (SSSR count). The molecule has 0 bridgehead atoms. The number of nitrogens with two attached hydrogens (primary N) is 1. The maximum atomic E-state index is 5.53. The van der Waals surface area contributed by atoms with Crippen LogP contribution in [0.25, 0.3) is 0 Å². The SMILES string of the molecule is CCCCn1ccnc1N. The fraction of sp³-hybridized carbons (Fsp3) is 0.571. The normalized spacial score (nSPS) is 10.1. The van der Waals surface area contributed by atoms with Crippen LogP contribution >= 0.6 is 0 Å². The molecule has 2 N–H and O–H groups in total. The number of nitrogen functional groups attached to an aromatic ring is 1. The van der Waals surface area contributed by atoms with Crippen LogP contribution in [0, 0.1) is 0 Å². The Kier molecular flexibility index (Phi) is 2.31. The van der Waals surface area contributed by atoms with E-state index in [1.165, 1.54) is 12.8 Å². The number of nitrogens with zero attached hydrogens (tertiary/aromatic N) is 2. The van der Waals surface area contributed by atoms with Gasteiger partial charge in [0.15, 0.2) is 5.95 Å². The highest BCUT2D eigenvalue weighted by molar-refractivity contribution is 5.16. The van der Waals surface area contributed by atoms with Gasteiger partial charge in [0.05, 0.1) is 0 Å². The molecule has 0 unspecified atom stereocenters. The summed E-state index contributed by atoms with van der Waals surface area (Å²) in [6.45, 7) is 3.15. The second-order valence-electron chi connectivity index (χ2n) is 2.33. The summed E-state index contributed by atoms with van der Waals surface area (Å²) in [5.41, 5.74) is 5.53. The van der Waals surface area contributed by atoms with E-state index in [-0.39, 0.29) is 0 Å². The monoisotopic (exact) mass is 139 g/mol. The lowest BCUT2D eigenvalue weighted by atomic mass is 10.3. The van der Waals surface area contributed by atoms with Crippen molar-refractivity contribution in [2.45, 2.75) is 26.3 Å². The first-order valence-electron chi connectivity index (χ1n) is 3.61. The third kappa shape index (κ3) is 1.50. The van der Waals surface area contributed by atoms with Crippen molar-refractivity contribution in [2.24, 2.45) is 0 Å². The molecule has 0 aromatic carbocycles. The predicted molar refractivity (Wildman–Crippen MR) is 41.5 cm³/mol. The van der Waals surface area contributed by atoms with E-state index < -0.39 is 0 Å². The number of hydrogen-bond acceptors (Lipinski definition) is 2. The number of anilines is 1. The predicted octanol–water partition coefficient (Wildman–Crippen LogP) is 1.27. The Hall–Kier alpha value is -0.990. The van der Waals surface area contributed by atoms with Gasteiger partial charge in [0.2, 0.25) is 0 Å². The summed E-state index contributed by atoms with van der Waals surface area (Å²) >= 11 is 0. The highest BCUT2D eigenvalue weighted by Gasteiger charge is 1.93. The molecular weight excluding hydrogens is 126 g/mol. The van der Waals surface area contributed by atoms with Gasteiger partial charge in [0.25, 0.3) is 0 Å². The van der Waals surface area contributed by atoms with Crippen molar-refractivity contribution in [2.75, 3.05) is 5.73 Å². The maximum Gasteiger partial charge on any atom is 0.200 e. The minimum absolute atomic E-state index is 0.619. The van der Waals surface area contributed by atoms with E-state index in [4.69, 9.17) is 5.73 Å². The average molecular weight is 139 g/mol. The summed E-state index contributed by atoms with van der Waals surface area (Å²) in [5, 5.41) is 0. The third-order valence-electron chi connectivity index (χ3n) is 1.50. The third-order valence-corrected chi connectivity index (χ3v) is 1.50. The molecule has 0 fully saturated rings. The largest absolute Gasteiger partial charge is 0.369 e. The average Bonchev–Trinajstić information content (AvgIpc) is 2.31. The van der Waals surface area contributed by atoms with Gasteiger partial charge in [-0.1, -0.05) is 13.3 Å². The van der Waals surface area contributed by atoms with Crippen LogP contribution in [0.5, 0.6) is 0 Å². The van der Waals surface area contributed by atoms with Crippen LogP contribution in [0.3, 0.4) is 0 Å². The molecular formula is C7H13N3. The molecule has 0 atom stereocenters. The van der Waals surface area contributed by atoms with Crippen LogP contribution in [0.15, 0.2) is 12.4 Å². The maximum absolute atomic E-state index is 5.53. The Bertz CT molecular complexity index is 192. The van der Waals surface area contributed by atoms with E-state index in [1.807, 2.05) is 10.8 Å². The van der Waals surface area contributed by atoms with Gasteiger partial charge in [-0.2, -0.15) is 0 Å². The summed E-state index contributed by atoms with van der Waals surface area (Å²) in [6, 6.07) is 0. The number of imidazole rings is 1. The van der Waals surface area contributed by atoms with Gasteiger partial charge >= 0.3 is 0 Å². The molecule has 0 radical (unpaired) electrons. The number of aromatic nitrogens is 2. The first-order valence-corrected chi connectivity index (χ1v) is 3.61. The van der Waals surface area contributed by atoms with E-state index in [2.05, 4.69) is 11.9 Å². The zero-order valence-corrected chi connectivity index (χ0v) is 6.25. The molecule has 1 aromatic heterocycles. The molecule has 1 aromatic rings. The first-order chi connectivity index (χ1) is 4.84. The summed E-state index contributed by atoms with van der Waals surface area (Å²) in [6.07, 6.45) is 5.99. The molecule has 0 spiro atoms. The van der Waals surface area contributed by atoms with Gasteiger partial charge in [0.1, 0.15) is 0 Å². The Balaban J connectivity index is 2.49. The Morgan fingerprint density at radius 1 is 1.70 bits per heavy atom. The lowest BCUT2D eigenvalue weighted by Crippen LogP contribution is -2.01. The topological polar surface area (TPSA) is 43.8 Å². The molecule has 0 aliphatic rings. The number of rotatable bonds is 3. The van der Waals surface area contributed by atoms with Crippen molar-refractivity contribution in [1.29, 1.82) is 0 Å². The van der Waals surface area contributed by atoms with E-state index in [0.29, 0.717) is 5.95 Å². The van der Waals surface area contributed by atoms with Crippen molar-refractivity contribution in [3.05, 3.63) is 12.4 Å². The smallest absolute Gasteiger partial charge is 0.200 e. The Labute approximate surface area is 60.9 Å². The van der Waals surface area contributed by atoms with E-state index >= 15 is 0 Å². The summed E-state index contributed by atoms with van der Waals surface area (Å²) in [4.78, 5) is 3.91. The summed E-state index contributed by atoms with van der Waals surface area (Å²) in [5.74, 6) is 0.619. The molecule has 56 valence electrons. The zero-order chi connectivity index (χ0) is 7.40. The van der Waals surface area contributed by atoms with Crippen molar-refractivity contribution in [1.82, 2.24) is 9.55 Å². The fourth-order valence-corrected chi connectivity index (χ4v) is 0.858. The van der Waals surface area contributed by atoms with Crippen molar-refractivity contribution in [3.63, 3.8) is 0 Å². The van der Waals surface area contributed by atoms with Crippen LogP contribution in [-0.2, 0) is 6.54 Å². The quantitative estimate of drug-likeness (QED) is 0.685. The molecule has 3 nitrogen and oxygen atoms in total. The van der Waals surface area contributed by atoms with Crippen LogP contribution in [-0.4, -0.2) is 9.55 Å². The number of hydrogen-bond donors (Lipinski definition) is 1. The molecule has 1 heterocycles. The van der Waals surface area contributed by atoms with Gasteiger partial charge < -0.3 is 10.3 Å². The second kappa shape index (κ2) is 3.25. The van der Waals surface area contributed by atoms with Gasteiger partial charge in [-0.25, -0.2) is 4.98 Å². The standard InChI is InChI=1S/C7H13N3/c1-2-3-5-10-6-4-9-7(10)8/h4,6H,2-3,5H2,1H3,(H2,8,9). The fourth-order valence-electron chi connectivity index (χ4n) is 0.858. The Morgan fingerprint density at radius 2 is 2.50 bits per heavy atom. The van der Waals surface area contributed by atoms with Crippen molar-refractivity contribution < 1.29 is 0 Å². The van der Waals surface area contributed by atoms with Crippen molar-refractivity contribution in [3.8, 4) is 0 Å². The van der Waals surface area contributed by atoms with Gasteiger partial charge in [-0.05, 0) is 6.42 Å².